The van der Waals surface area contributed by atoms with Gasteiger partial charge in [0.1, 0.15) is 5.82 Å². The Labute approximate surface area is 163 Å². The normalized spacial score (nSPS) is 17.6. The summed E-state index contributed by atoms with van der Waals surface area (Å²) in [5.41, 5.74) is 4.83. The number of aromatic amines is 2. The van der Waals surface area contributed by atoms with Crippen molar-refractivity contribution in [3.05, 3.63) is 47.0 Å². The van der Waals surface area contributed by atoms with Gasteiger partial charge in [-0.1, -0.05) is 12.1 Å². The van der Waals surface area contributed by atoms with Gasteiger partial charge in [-0.15, -0.1) is 12.4 Å². The minimum atomic E-state index is 0. The van der Waals surface area contributed by atoms with Crippen molar-refractivity contribution < 1.29 is 4.79 Å². The summed E-state index contributed by atoms with van der Waals surface area (Å²) in [6, 6.07) is 8.11. The van der Waals surface area contributed by atoms with Crippen molar-refractivity contribution in [2.75, 3.05) is 19.6 Å². The number of fused-ring (bicyclic) bond motifs is 2. The number of benzene rings is 1. The molecule has 5 rings (SSSR count). The molecule has 1 saturated heterocycles. The van der Waals surface area contributed by atoms with Gasteiger partial charge in [0.05, 0.1) is 11.0 Å². The van der Waals surface area contributed by atoms with Crippen LogP contribution in [0.5, 0.6) is 0 Å². The molecule has 8 heteroatoms. The number of carbonyl (C=O) groups is 1. The molecule has 2 aliphatic rings. The lowest BCUT2D eigenvalue weighted by Gasteiger charge is -2.31. The second-order valence-corrected chi connectivity index (χ2v) is 7.16. The molecule has 0 aliphatic carbocycles. The van der Waals surface area contributed by atoms with Gasteiger partial charge in [0.25, 0.3) is 5.91 Å². The Morgan fingerprint density at radius 3 is 2.81 bits per heavy atom. The van der Waals surface area contributed by atoms with Crippen LogP contribution >= 0.6 is 12.4 Å². The third kappa shape index (κ3) is 3.21. The molecule has 0 spiro atoms. The standard InChI is InChI=1S/C19H22N6O.ClH/c26-19(17-13-11-20-8-5-14(13)23-24-17)25-9-6-12(7-10-25)18-21-15-3-1-2-4-16(15)22-18;/h1-4,12,20H,5-11H2,(H,21,22)(H,23,24);1H. The van der Waals surface area contributed by atoms with Crippen LogP contribution in [0.25, 0.3) is 11.0 Å². The van der Waals surface area contributed by atoms with Gasteiger partial charge < -0.3 is 15.2 Å². The summed E-state index contributed by atoms with van der Waals surface area (Å²) in [5.74, 6) is 1.47. The summed E-state index contributed by atoms with van der Waals surface area (Å²) < 4.78 is 0. The molecule has 1 fully saturated rings. The lowest BCUT2D eigenvalue weighted by atomic mass is 9.95. The highest BCUT2D eigenvalue weighted by atomic mass is 35.5. The summed E-state index contributed by atoms with van der Waals surface area (Å²) in [5, 5.41) is 10.7. The number of para-hydroxylation sites is 2. The van der Waals surface area contributed by atoms with Crippen LogP contribution in [0.2, 0.25) is 0 Å². The second-order valence-electron chi connectivity index (χ2n) is 7.16. The highest BCUT2D eigenvalue weighted by Crippen LogP contribution is 2.29. The maximum absolute atomic E-state index is 12.9. The van der Waals surface area contributed by atoms with Crippen LogP contribution in [0.4, 0.5) is 0 Å². The van der Waals surface area contributed by atoms with E-state index < -0.39 is 0 Å². The smallest absolute Gasteiger partial charge is 0.274 e. The predicted molar refractivity (Wildman–Crippen MR) is 105 cm³/mol. The quantitative estimate of drug-likeness (QED) is 0.630. The van der Waals surface area contributed by atoms with E-state index >= 15 is 0 Å². The molecule has 0 saturated carbocycles. The molecule has 0 bridgehead atoms. The molecular weight excluding hydrogens is 364 g/mol. The molecule has 2 aliphatic heterocycles. The number of halogens is 1. The topological polar surface area (TPSA) is 89.7 Å². The zero-order valence-electron chi connectivity index (χ0n) is 15.0. The molecule has 2 aromatic heterocycles. The van der Waals surface area contributed by atoms with Gasteiger partial charge in [-0.2, -0.15) is 5.10 Å². The molecule has 3 aromatic rings. The Bertz CT molecular complexity index is 923. The van der Waals surface area contributed by atoms with Crippen LogP contribution in [0.1, 0.15) is 46.3 Å². The fraction of sp³-hybridized carbons (Fsp3) is 0.421. The van der Waals surface area contributed by atoms with Gasteiger partial charge in [-0.3, -0.25) is 9.89 Å². The number of carbonyl (C=O) groups excluding carboxylic acids is 1. The molecule has 3 N–H and O–H groups in total. The molecule has 4 heterocycles. The summed E-state index contributed by atoms with van der Waals surface area (Å²) in [4.78, 5) is 23.0. The minimum Gasteiger partial charge on any atom is -0.342 e. The number of likely N-dealkylation sites (tertiary alicyclic amines) is 1. The van der Waals surface area contributed by atoms with Crippen molar-refractivity contribution in [3.8, 4) is 0 Å². The highest BCUT2D eigenvalue weighted by molar-refractivity contribution is 5.94. The summed E-state index contributed by atoms with van der Waals surface area (Å²) in [7, 11) is 0. The number of amides is 1. The molecule has 142 valence electrons. The Kier molecular flexibility index (Phi) is 4.88. The van der Waals surface area contributed by atoms with E-state index in [-0.39, 0.29) is 18.3 Å². The summed E-state index contributed by atoms with van der Waals surface area (Å²) >= 11 is 0. The summed E-state index contributed by atoms with van der Waals surface area (Å²) in [6.45, 7) is 3.15. The molecule has 0 radical (unpaired) electrons. The number of hydrogen-bond acceptors (Lipinski definition) is 4. The van der Waals surface area contributed by atoms with Crippen molar-refractivity contribution in [2.45, 2.75) is 31.7 Å². The van der Waals surface area contributed by atoms with E-state index in [1.54, 1.807) is 0 Å². The van der Waals surface area contributed by atoms with Gasteiger partial charge in [0.2, 0.25) is 0 Å². The van der Waals surface area contributed by atoms with Gasteiger partial charge in [-0.25, -0.2) is 4.98 Å². The van der Waals surface area contributed by atoms with Crippen molar-refractivity contribution >= 4 is 29.3 Å². The number of hydrogen-bond donors (Lipinski definition) is 3. The highest BCUT2D eigenvalue weighted by Gasteiger charge is 2.30. The van der Waals surface area contributed by atoms with E-state index in [1.807, 2.05) is 23.1 Å². The maximum Gasteiger partial charge on any atom is 0.274 e. The third-order valence-corrected chi connectivity index (χ3v) is 5.59. The Morgan fingerprint density at radius 2 is 2.00 bits per heavy atom. The number of piperidine rings is 1. The van der Waals surface area contributed by atoms with E-state index in [4.69, 9.17) is 4.98 Å². The number of aromatic nitrogens is 4. The molecule has 27 heavy (non-hydrogen) atoms. The monoisotopic (exact) mass is 386 g/mol. The van der Waals surface area contributed by atoms with E-state index in [2.05, 4.69) is 26.6 Å². The van der Waals surface area contributed by atoms with Crippen molar-refractivity contribution in [2.24, 2.45) is 0 Å². The molecular formula is C19H23ClN6O. The van der Waals surface area contributed by atoms with Crippen LogP contribution in [0.3, 0.4) is 0 Å². The van der Waals surface area contributed by atoms with Crippen LogP contribution in [0.15, 0.2) is 24.3 Å². The molecule has 1 amide bonds. The van der Waals surface area contributed by atoms with Crippen molar-refractivity contribution in [3.63, 3.8) is 0 Å². The first-order valence-electron chi connectivity index (χ1n) is 9.30. The number of nitrogens with zero attached hydrogens (tertiary/aromatic N) is 3. The third-order valence-electron chi connectivity index (χ3n) is 5.59. The van der Waals surface area contributed by atoms with E-state index in [0.29, 0.717) is 11.6 Å². The van der Waals surface area contributed by atoms with Gasteiger partial charge in [0, 0.05) is 49.8 Å². The first kappa shape index (κ1) is 18.0. The van der Waals surface area contributed by atoms with Crippen LogP contribution in [-0.2, 0) is 13.0 Å². The van der Waals surface area contributed by atoms with Crippen LogP contribution in [-0.4, -0.2) is 50.6 Å². The van der Waals surface area contributed by atoms with Gasteiger partial charge >= 0.3 is 0 Å². The first-order valence-corrected chi connectivity index (χ1v) is 9.30. The zero-order chi connectivity index (χ0) is 17.5. The van der Waals surface area contributed by atoms with Crippen molar-refractivity contribution in [1.82, 2.24) is 30.4 Å². The van der Waals surface area contributed by atoms with E-state index in [9.17, 15) is 4.79 Å². The van der Waals surface area contributed by atoms with Gasteiger partial charge in [-0.05, 0) is 25.0 Å². The average molecular weight is 387 g/mol. The van der Waals surface area contributed by atoms with Crippen molar-refractivity contribution in [1.29, 1.82) is 0 Å². The Hall–Kier alpha value is -2.38. The lowest BCUT2D eigenvalue weighted by molar-refractivity contribution is 0.0704. The Balaban J connectivity index is 0.00000180. The molecule has 0 atom stereocenters. The van der Waals surface area contributed by atoms with Gasteiger partial charge in [0.15, 0.2) is 5.69 Å². The Morgan fingerprint density at radius 1 is 1.19 bits per heavy atom. The molecule has 0 unspecified atom stereocenters. The lowest BCUT2D eigenvalue weighted by Crippen LogP contribution is -2.39. The fourth-order valence-corrected chi connectivity index (χ4v) is 4.07. The zero-order valence-corrected chi connectivity index (χ0v) is 15.8. The first-order chi connectivity index (χ1) is 12.8. The SMILES string of the molecule is Cl.O=C(c1n[nH]c2c1CNCC2)N1CCC(c2nc3ccccc3[nH]2)CC1. The number of rotatable bonds is 2. The van der Waals surface area contributed by atoms with Crippen LogP contribution in [0, 0.1) is 0 Å². The number of imidazole rings is 1. The van der Waals surface area contributed by atoms with E-state index in [0.717, 1.165) is 73.6 Å². The largest absolute Gasteiger partial charge is 0.342 e. The fourth-order valence-electron chi connectivity index (χ4n) is 4.07. The van der Waals surface area contributed by atoms with E-state index in [1.165, 1.54) is 0 Å². The van der Waals surface area contributed by atoms with Crippen LogP contribution < -0.4 is 5.32 Å². The molecule has 1 aromatic carbocycles. The second kappa shape index (κ2) is 7.32. The minimum absolute atomic E-state index is 0. The summed E-state index contributed by atoms with van der Waals surface area (Å²) in [6.07, 6.45) is 2.76. The number of nitrogens with one attached hydrogen (secondary N) is 3. The predicted octanol–water partition coefficient (Wildman–Crippen LogP) is 2.37. The number of H-pyrrole nitrogens is 2. The maximum atomic E-state index is 12.9. The molecule has 7 nitrogen and oxygen atoms in total. The average Bonchev–Trinajstić information content (AvgIpc) is 3.32.